The number of aromatic amines is 1. The van der Waals surface area contributed by atoms with E-state index in [2.05, 4.69) is 80.5 Å². The highest BCUT2D eigenvalue weighted by Crippen LogP contribution is 2.39. The molecule has 1 unspecified atom stereocenters. The number of hydrogen-bond donors (Lipinski definition) is 1. The summed E-state index contributed by atoms with van der Waals surface area (Å²) in [5, 5.41) is 1.31. The van der Waals surface area contributed by atoms with Crippen LogP contribution in [-0.4, -0.2) is 4.98 Å². The topological polar surface area (TPSA) is 15.8 Å². The number of rotatable bonds is 3. The SMILES string of the molecule is [CH2]CC(C)(c1ccccc1)c1c[nH]c2c(C)cccc12. The molecular weight excluding hydrogens is 242 g/mol. The summed E-state index contributed by atoms with van der Waals surface area (Å²) in [4.78, 5) is 3.44. The van der Waals surface area contributed by atoms with Crippen LogP contribution in [0, 0.1) is 13.8 Å². The van der Waals surface area contributed by atoms with Gasteiger partial charge in [0.15, 0.2) is 0 Å². The molecule has 0 saturated heterocycles. The lowest BCUT2D eigenvalue weighted by Gasteiger charge is -2.29. The Balaban J connectivity index is 2.25. The van der Waals surface area contributed by atoms with Crippen LogP contribution in [0.2, 0.25) is 0 Å². The van der Waals surface area contributed by atoms with E-state index in [0.29, 0.717) is 0 Å². The van der Waals surface area contributed by atoms with Crippen molar-refractivity contribution in [1.29, 1.82) is 0 Å². The molecule has 101 valence electrons. The van der Waals surface area contributed by atoms with Crippen LogP contribution in [0.1, 0.15) is 30.0 Å². The smallest absolute Gasteiger partial charge is 0.0486 e. The molecule has 0 saturated carbocycles. The van der Waals surface area contributed by atoms with E-state index in [4.69, 9.17) is 0 Å². The van der Waals surface area contributed by atoms with E-state index < -0.39 is 0 Å². The fourth-order valence-electron chi connectivity index (χ4n) is 3.00. The van der Waals surface area contributed by atoms with Gasteiger partial charge in [0, 0.05) is 22.5 Å². The molecule has 0 aliphatic rings. The predicted octanol–water partition coefficient (Wildman–Crippen LogP) is 5.01. The number of benzene rings is 2. The first kappa shape index (κ1) is 13.0. The number of H-pyrrole nitrogens is 1. The van der Waals surface area contributed by atoms with Crippen LogP contribution in [0.3, 0.4) is 0 Å². The van der Waals surface area contributed by atoms with Gasteiger partial charge >= 0.3 is 0 Å². The zero-order valence-corrected chi connectivity index (χ0v) is 12.1. The van der Waals surface area contributed by atoms with Crippen molar-refractivity contribution in [2.45, 2.75) is 25.7 Å². The number of hydrogen-bond acceptors (Lipinski definition) is 0. The van der Waals surface area contributed by atoms with E-state index in [9.17, 15) is 0 Å². The molecule has 0 aliphatic carbocycles. The summed E-state index contributed by atoms with van der Waals surface area (Å²) in [5.74, 6) is 0. The number of fused-ring (bicyclic) bond motifs is 1. The van der Waals surface area contributed by atoms with E-state index in [1.54, 1.807) is 0 Å². The standard InChI is InChI=1S/C19H20N/c1-4-19(3,15-10-6-5-7-11-15)17-13-20-18-14(2)9-8-12-16(17)18/h5-13,20H,1,4H2,2-3H3. The highest BCUT2D eigenvalue weighted by Gasteiger charge is 2.29. The van der Waals surface area contributed by atoms with Gasteiger partial charge in [-0.1, -0.05) is 62.4 Å². The van der Waals surface area contributed by atoms with Crippen molar-refractivity contribution >= 4 is 10.9 Å². The molecule has 20 heavy (non-hydrogen) atoms. The van der Waals surface area contributed by atoms with Crippen LogP contribution >= 0.6 is 0 Å². The number of aryl methyl sites for hydroxylation is 1. The second-order valence-electron chi connectivity index (χ2n) is 5.65. The van der Waals surface area contributed by atoms with Gasteiger partial charge in [-0.05, 0) is 30.0 Å². The fourth-order valence-corrected chi connectivity index (χ4v) is 3.00. The second kappa shape index (κ2) is 4.82. The molecule has 3 aromatic rings. The highest BCUT2D eigenvalue weighted by molar-refractivity contribution is 5.87. The summed E-state index contributed by atoms with van der Waals surface area (Å²) in [5.41, 5.74) is 5.11. The Labute approximate surface area is 120 Å². The second-order valence-corrected chi connectivity index (χ2v) is 5.65. The van der Waals surface area contributed by atoms with Crippen LogP contribution in [-0.2, 0) is 5.41 Å². The van der Waals surface area contributed by atoms with Crippen molar-refractivity contribution in [2.75, 3.05) is 0 Å². The Kier molecular flexibility index (Phi) is 3.13. The molecule has 1 nitrogen and oxygen atoms in total. The van der Waals surface area contributed by atoms with Crippen molar-refractivity contribution in [2.24, 2.45) is 0 Å². The number of nitrogens with one attached hydrogen (secondary N) is 1. The van der Waals surface area contributed by atoms with Gasteiger partial charge in [-0.2, -0.15) is 0 Å². The Morgan fingerprint density at radius 1 is 1.05 bits per heavy atom. The molecule has 0 fully saturated rings. The molecule has 1 aromatic heterocycles. The minimum atomic E-state index is -0.0622. The highest BCUT2D eigenvalue weighted by atomic mass is 14.7. The first-order valence-corrected chi connectivity index (χ1v) is 7.09. The minimum absolute atomic E-state index is 0.0622. The average Bonchev–Trinajstić information content (AvgIpc) is 2.93. The first-order valence-electron chi connectivity index (χ1n) is 7.09. The average molecular weight is 262 g/mol. The molecule has 0 spiro atoms. The molecule has 1 heterocycles. The van der Waals surface area contributed by atoms with Gasteiger partial charge in [0.1, 0.15) is 0 Å². The van der Waals surface area contributed by atoms with E-state index >= 15 is 0 Å². The third-order valence-corrected chi connectivity index (χ3v) is 4.43. The lowest BCUT2D eigenvalue weighted by molar-refractivity contribution is 0.583. The lowest BCUT2D eigenvalue weighted by Crippen LogP contribution is -2.22. The molecule has 2 aromatic carbocycles. The first-order chi connectivity index (χ1) is 9.66. The summed E-state index contributed by atoms with van der Waals surface area (Å²) in [6.45, 7) is 8.63. The Hall–Kier alpha value is -2.02. The zero-order valence-electron chi connectivity index (χ0n) is 12.1. The van der Waals surface area contributed by atoms with Crippen LogP contribution in [0.15, 0.2) is 54.7 Å². The van der Waals surface area contributed by atoms with Crippen LogP contribution in [0.5, 0.6) is 0 Å². The molecule has 1 atom stereocenters. The van der Waals surface area contributed by atoms with Crippen LogP contribution in [0.25, 0.3) is 10.9 Å². The van der Waals surface area contributed by atoms with Gasteiger partial charge in [0.2, 0.25) is 0 Å². The van der Waals surface area contributed by atoms with Gasteiger partial charge in [-0.15, -0.1) is 0 Å². The third kappa shape index (κ3) is 1.85. The fraction of sp³-hybridized carbons (Fsp3) is 0.211. The maximum atomic E-state index is 4.21. The normalized spacial score (nSPS) is 14.3. The largest absolute Gasteiger partial charge is 0.361 e. The van der Waals surface area contributed by atoms with Gasteiger partial charge in [-0.25, -0.2) is 0 Å². The molecular formula is C19H20N. The molecule has 1 N–H and O–H groups in total. The third-order valence-electron chi connectivity index (χ3n) is 4.43. The summed E-state index contributed by atoms with van der Waals surface area (Å²) in [6.07, 6.45) is 2.98. The Morgan fingerprint density at radius 2 is 1.80 bits per heavy atom. The zero-order chi connectivity index (χ0) is 14.2. The van der Waals surface area contributed by atoms with Crippen molar-refractivity contribution in [3.63, 3.8) is 0 Å². The van der Waals surface area contributed by atoms with E-state index in [1.807, 2.05) is 0 Å². The number of para-hydroxylation sites is 1. The van der Waals surface area contributed by atoms with Crippen molar-refractivity contribution in [3.05, 3.63) is 78.3 Å². The van der Waals surface area contributed by atoms with Crippen molar-refractivity contribution < 1.29 is 0 Å². The van der Waals surface area contributed by atoms with Gasteiger partial charge < -0.3 is 4.98 Å². The minimum Gasteiger partial charge on any atom is -0.361 e. The van der Waals surface area contributed by atoms with Crippen LogP contribution in [0.4, 0.5) is 0 Å². The van der Waals surface area contributed by atoms with E-state index in [-0.39, 0.29) is 5.41 Å². The number of aromatic nitrogens is 1. The molecule has 0 aliphatic heterocycles. The summed E-state index contributed by atoms with van der Waals surface area (Å²) >= 11 is 0. The van der Waals surface area contributed by atoms with Gasteiger partial charge in [-0.3, -0.25) is 0 Å². The van der Waals surface area contributed by atoms with Gasteiger partial charge in [0.05, 0.1) is 0 Å². The Morgan fingerprint density at radius 3 is 2.50 bits per heavy atom. The molecule has 0 bridgehead atoms. The molecule has 3 rings (SSSR count). The monoisotopic (exact) mass is 262 g/mol. The van der Waals surface area contributed by atoms with Crippen molar-refractivity contribution in [3.8, 4) is 0 Å². The maximum absolute atomic E-state index is 4.21. The molecule has 0 amide bonds. The summed E-state index contributed by atoms with van der Waals surface area (Å²) < 4.78 is 0. The predicted molar refractivity (Wildman–Crippen MR) is 85.9 cm³/mol. The quantitative estimate of drug-likeness (QED) is 0.683. The van der Waals surface area contributed by atoms with Crippen molar-refractivity contribution in [1.82, 2.24) is 4.98 Å². The van der Waals surface area contributed by atoms with Crippen LogP contribution < -0.4 is 0 Å². The Bertz CT molecular complexity index is 724. The summed E-state index contributed by atoms with van der Waals surface area (Å²) in [7, 11) is 0. The van der Waals surface area contributed by atoms with E-state index in [1.165, 1.54) is 27.6 Å². The lowest BCUT2D eigenvalue weighted by atomic mass is 9.74. The molecule has 1 radical (unpaired) electrons. The van der Waals surface area contributed by atoms with Gasteiger partial charge in [0.25, 0.3) is 0 Å². The van der Waals surface area contributed by atoms with E-state index in [0.717, 1.165) is 6.42 Å². The molecule has 1 heteroatoms. The summed E-state index contributed by atoms with van der Waals surface area (Å²) in [6, 6.07) is 17.1. The maximum Gasteiger partial charge on any atom is 0.0486 e.